The molecule has 6 nitrogen and oxygen atoms in total. The number of carboxylic acid groups (broad SMARTS) is 2. The Bertz CT molecular complexity index is 325. The van der Waals surface area contributed by atoms with Crippen LogP contribution in [0, 0.1) is 0 Å². The molecule has 0 unspecified atom stereocenters. The van der Waals surface area contributed by atoms with Gasteiger partial charge in [-0.2, -0.15) is 0 Å². The highest BCUT2D eigenvalue weighted by Gasteiger charge is 1.96. The first kappa shape index (κ1) is 12.9. The Morgan fingerprint density at radius 1 is 1.13 bits per heavy atom. The minimum absolute atomic E-state index is 0.242. The maximum Gasteiger partial charge on any atom is 0.320 e. The summed E-state index contributed by atoms with van der Waals surface area (Å²) in [5.41, 5.74) is 0. The maximum absolute atomic E-state index is 10.8. The third-order valence-corrected chi connectivity index (χ3v) is 1.32. The van der Waals surface area contributed by atoms with E-state index in [4.69, 9.17) is 5.11 Å². The van der Waals surface area contributed by atoms with Crippen molar-refractivity contribution in [1.29, 1.82) is 0 Å². The van der Waals surface area contributed by atoms with Crippen molar-refractivity contribution in [3.8, 4) is 0 Å². The monoisotopic (exact) mass is 212 g/mol. The summed E-state index contributed by atoms with van der Waals surface area (Å²) in [7, 11) is 0. The van der Waals surface area contributed by atoms with Gasteiger partial charge < -0.3 is 20.1 Å². The summed E-state index contributed by atoms with van der Waals surface area (Å²) in [5.74, 6) is -4.64. The first-order chi connectivity index (χ1) is 6.93. The van der Waals surface area contributed by atoms with E-state index in [1.54, 1.807) is 0 Å². The molecular weight excluding hydrogens is 204 g/mol. The van der Waals surface area contributed by atoms with Gasteiger partial charge in [0.25, 0.3) is 0 Å². The molecule has 0 aliphatic heterocycles. The van der Waals surface area contributed by atoms with Gasteiger partial charge in [0, 0.05) is 12.4 Å². The summed E-state index contributed by atoms with van der Waals surface area (Å²) in [6, 6.07) is 0. The van der Waals surface area contributed by atoms with Crippen LogP contribution in [0.1, 0.15) is 12.8 Å². The second-order valence-electron chi connectivity index (χ2n) is 2.53. The zero-order chi connectivity index (χ0) is 11.8. The molecule has 0 aromatic carbocycles. The van der Waals surface area contributed by atoms with E-state index in [1.807, 2.05) is 0 Å². The Labute approximate surface area is 85.1 Å². The molecule has 0 fully saturated rings. The molecule has 0 saturated carbocycles. The van der Waals surface area contributed by atoms with Gasteiger partial charge in [0.15, 0.2) is 5.78 Å². The van der Waals surface area contributed by atoms with E-state index >= 15 is 0 Å². The topological polar surface area (TPSA) is 118 Å². The zero-order valence-electron chi connectivity index (χ0n) is 7.63. The summed E-state index contributed by atoms with van der Waals surface area (Å²) in [5, 5.41) is 28.6. The van der Waals surface area contributed by atoms with Crippen LogP contribution in [0.25, 0.3) is 0 Å². The van der Waals surface area contributed by atoms with Crippen molar-refractivity contribution in [2.45, 2.75) is 12.8 Å². The van der Waals surface area contributed by atoms with Crippen molar-refractivity contribution >= 4 is 17.7 Å². The quantitative estimate of drug-likeness (QED) is 0.308. The first-order valence-corrected chi connectivity index (χ1v) is 3.95. The molecule has 0 aromatic rings. The van der Waals surface area contributed by atoms with Crippen LogP contribution in [0.4, 0.5) is 0 Å². The van der Waals surface area contributed by atoms with Crippen LogP contribution in [0.3, 0.4) is 0 Å². The van der Waals surface area contributed by atoms with Gasteiger partial charge in [-0.05, 0) is 18.3 Å². The van der Waals surface area contributed by atoms with Gasteiger partial charge in [0.1, 0.15) is 0 Å². The molecule has 0 saturated heterocycles. The van der Waals surface area contributed by atoms with E-state index in [1.165, 1.54) is 0 Å². The van der Waals surface area contributed by atoms with Crippen LogP contribution in [0.5, 0.6) is 0 Å². The second-order valence-corrected chi connectivity index (χ2v) is 2.53. The van der Waals surface area contributed by atoms with Crippen molar-refractivity contribution in [3.05, 3.63) is 24.0 Å². The van der Waals surface area contributed by atoms with Crippen LogP contribution >= 0.6 is 0 Å². The second kappa shape index (κ2) is 6.36. The molecule has 0 radical (unpaired) electrons. The number of ketones is 1. The van der Waals surface area contributed by atoms with Crippen molar-refractivity contribution < 1.29 is 29.7 Å². The lowest BCUT2D eigenvalue weighted by Gasteiger charge is -2.01. The molecule has 1 N–H and O–H groups in total. The standard InChI is InChI=1S/C9H10O6/c10-6(4-5-8(12)13)2-1-3-7(11)9(14)15/h1-3,11H,4-5H2,(H,12,13)(H,14,15)/p-2/b2-1-,7-3+. The third-order valence-electron chi connectivity index (χ3n) is 1.32. The molecule has 82 valence electrons. The summed E-state index contributed by atoms with van der Waals surface area (Å²) in [4.78, 5) is 30.8. The highest BCUT2D eigenvalue weighted by molar-refractivity contribution is 5.92. The molecule has 0 amide bonds. The summed E-state index contributed by atoms with van der Waals surface area (Å²) >= 11 is 0. The molecule has 0 aliphatic carbocycles. The van der Waals surface area contributed by atoms with E-state index in [9.17, 15) is 24.6 Å². The Morgan fingerprint density at radius 3 is 2.20 bits per heavy atom. The Morgan fingerprint density at radius 2 is 1.73 bits per heavy atom. The predicted molar refractivity (Wildman–Crippen MR) is 44.1 cm³/mol. The van der Waals surface area contributed by atoms with Crippen LogP contribution in [-0.2, 0) is 14.4 Å². The molecule has 0 bridgehead atoms. The van der Waals surface area contributed by atoms with Crippen molar-refractivity contribution in [3.63, 3.8) is 0 Å². The summed E-state index contributed by atoms with van der Waals surface area (Å²) in [6.45, 7) is 0. The Hall–Kier alpha value is -2.11. The van der Waals surface area contributed by atoms with Crippen LogP contribution < -0.4 is 10.2 Å². The fourth-order valence-electron chi connectivity index (χ4n) is 0.623. The molecule has 0 rings (SSSR count). The number of hydrogen-bond donors (Lipinski definition) is 1. The van der Waals surface area contributed by atoms with Gasteiger partial charge in [0.2, 0.25) is 0 Å². The number of carboxylic acids is 2. The van der Waals surface area contributed by atoms with Gasteiger partial charge in [-0.3, -0.25) is 4.79 Å². The SMILES string of the molecule is O=C([O-])CCC(=O)/C=C\C=C(\[O-])C(=O)O. The van der Waals surface area contributed by atoms with Gasteiger partial charge in [-0.1, -0.05) is 12.2 Å². The highest BCUT2D eigenvalue weighted by atomic mass is 16.4. The van der Waals surface area contributed by atoms with Crippen LogP contribution in [0.2, 0.25) is 0 Å². The average molecular weight is 212 g/mol. The minimum atomic E-state index is -1.62. The number of aliphatic carboxylic acids is 2. The smallest absolute Gasteiger partial charge is 0.320 e. The molecule has 0 aromatic heterocycles. The minimum Gasteiger partial charge on any atom is -0.868 e. The van der Waals surface area contributed by atoms with Gasteiger partial charge in [0.05, 0.1) is 0 Å². The van der Waals surface area contributed by atoms with Gasteiger partial charge in [-0.25, -0.2) is 4.79 Å². The van der Waals surface area contributed by atoms with E-state index in [0.29, 0.717) is 6.08 Å². The Balaban J connectivity index is 4.07. The lowest BCUT2D eigenvalue weighted by molar-refractivity contribution is -0.305. The number of carbonyl (C=O) groups excluding carboxylic acids is 2. The number of rotatable bonds is 6. The number of hydrogen-bond acceptors (Lipinski definition) is 5. The summed E-state index contributed by atoms with van der Waals surface area (Å²) < 4.78 is 0. The van der Waals surface area contributed by atoms with Crippen molar-refractivity contribution in [2.75, 3.05) is 0 Å². The Kier molecular flexibility index (Phi) is 5.47. The third kappa shape index (κ3) is 7.00. The molecule has 0 atom stereocenters. The normalized spacial score (nSPS) is 11.6. The van der Waals surface area contributed by atoms with Gasteiger partial charge >= 0.3 is 5.97 Å². The highest BCUT2D eigenvalue weighted by Crippen LogP contribution is 1.92. The zero-order valence-corrected chi connectivity index (χ0v) is 7.63. The van der Waals surface area contributed by atoms with E-state index < -0.39 is 29.9 Å². The lowest BCUT2D eigenvalue weighted by Crippen LogP contribution is -2.22. The summed E-state index contributed by atoms with van der Waals surface area (Å²) in [6.07, 6.45) is 1.96. The van der Waals surface area contributed by atoms with E-state index in [2.05, 4.69) is 0 Å². The van der Waals surface area contributed by atoms with E-state index in [0.717, 1.165) is 12.2 Å². The molecule has 0 heterocycles. The fraction of sp³-hybridized carbons (Fsp3) is 0.222. The lowest BCUT2D eigenvalue weighted by atomic mass is 10.2. The van der Waals surface area contributed by atoms with Crippen molar-refractivity contribution in [2.24, 2.45) is 0 Å². The van der Waals surface area contributed by atoms with Crippen molar-refractivity contribution in [1.82, 2.24) is 0 Å². The van der Waals surface area contributed by atoms with Gasteiger partial charge in [-0.15, -0.1) is 0 Å². The number of allylic oxidation sites excluding steroid dienone is 3. The fourth-order valence-corrected chi connectivity index (χ4v) is 0.623. The van der Waals surface area contributed by atoms with Crippen LogP contribution in [-0.4, -0.2) is 22.8 Å². The maximum atomic E-state index is 10.8. The molecular formula is C9H8O6-2. The molecule has 0 aliphatic rings. The largest absolute Gasteiger partial charge is 0.868 e. The molecule has 6 heteroatoms. The first-order valence-electron chi connectivity index (χ1n) is 3.95. The molecule has 15 heavy (non-hydrogen) atoms. The van der Waals surface area contributed by atoms with Crippen LogP contribution in [0.15, 0.2) is 24.0 Å². The number of carbonyl (C=O) groups is 3. The predicted octanol–water partition coefficient (Wildman–Crippen LogP) is -2.03. The molecule has 0 spiro atoms. The average Bonchev–Trinajstić information content (AvgIpc) is 2.14. The van der Waals surface area contributed by atoms with E-state index in [-0.39, 0.29) is 6.42 Å².